The number of H-pyrrole nitrogens is 1. The molecule has 2 heterocycles. The molecule has 114 valence electrons. The minimum absolute atomic E-state index is 0.0577. The van der Waals surface area contributed by atoms with E-state index in [2.05, 4.69) is 20.5 Å². The van der Waals surface area contributed by atoms with Crippen LogP contribution in [-0.2, 0) is 16.1 Å². The molecule has 1 aromatic heterocycles. The topological polar surface area (TPSA) is 91.0 Å². The summed E-state index contributed by atoms with van der Waals surface area (Å²) < 4.78 is 0. The summed E-state index contributed by atoms with van der Waals surface area (Å²) in [6.45, 7) is 0.772. The molecule has 2 aromatic rings. The van der Waals surface area contributed by atoms with Gasteiger partial charge < -0.3 is 4.90 Å². The molecule has 1 aliphatic rings. The molecule has 1 aliphatic heterocycles. The number of carbonyl (C=O) groups is 2. The smallest absolute Gasteiger partial charge is 0.232 e. The number of benzene rings is 1. The molecular formula is C14H14ClN5O2. The summed E-state index contributed by atoms with van der Waals surface area (Å²) in [6.07, 6.45) is 1.49. The lowest BCUT2D eigenvalue weighted by Crippen LogP contribution is -2.28. The Morgan fingerprint density at radius 3 is 3.00 bits per heavy atom. The van der Waals surface area contributed by atoms with Gasteiger partial charge in [-0.05, 0) is 11.6 Å². The maximum absolute atomic E-state index is 12.1. The Balaban J connectivity index is 1.63. The van der Waals surface area contributed by atoms with Gasteiger partial charge in [-0.3, -0.25) is 14.9 Å². The van der Waals surface area contributed by atoms with Gasteiger partial charge in [0.25, 0.3) is 0 Å². The van der Waals surface area contributed by atoms with Crippen LogP contribution < -0.4 is 5.32 Å². The second kappa shape index (κ2) is 6.15. The van der Waals surface area contributed by atoms with Gasteiger partial charge in [0.2, 0.25) is 17.8 Å². The summed E-state index contributed by atoms with van der Waals surface area (Å²) in [7, 11) is 0. The van der Waals surface area contributed by atoms with Crippen molar-refractivity contribution in [2.45, 2.75) is 13.0 Å². The summed E-state index contributed by atoms with van der Waals surface area (Å²) >= 11 is 6.11. The molecule has 1 saturated heterocycles. The molecule has 3 rings (SSSR count). The number of nitrogens with one attached hydrogen (secondary N) is 2. The van der Waals surface area contributed by atoms with Crippen molar-refractivity contribution in [2.75, 3.05) is 11.9 Å². The predicted octanol–water partition coefficient (Wildman–Crippen LogP) is 1.45. The Hall–Kier alpha value is -2.41. The third kappa shape index (κ3) is 3.09. The largest absolute Gasteiger partial charge is 0.337 e. The highest BCUT2D eigenvalue weighted by Crippen LogP contribution is 2.24. The van der Waals surface area contributed by atoms with E-state index in [0.29, 0.717) is 18.1 Å². The number of aromatic nitrogens is 3. The molecule has 1 atom stereocenters. The van der Waals surface area contributed by atoms with Gasteiger partial charge in [0.1, 0.15) is 6.33 Å². The van der Waals surface area contributed by atoms with Gasteiger partial charge in [-0.15, -0.1) is 0 Å². The highest BCUT2D eigenvalue weighted by molar-refractivity contribution is 6.31. The van der Waals surface area contributed by atoms with Crippen molar-refractivity contribution in [3.05, 3.63) is 41.2 Å². The first-order valence-corrected chi connectivity index (χ1v) is 7.18. The van der Waals surface area contributed by atoms with Crippen LogP contribution in [0, 0.1) is 5.92 Å². The number of anilines is 1. The number of likely N-dealkylation sites (tertiary alicyclic amines) is 1. The molecule has 0 radical (unpaired) electrons. The first-order valence-electron chi connectivity index (χ1n) is 6.81. The van der Waals surface area contributed by atoms with Crippen LogP contribution in [0.5, 0.6) is 0 Å². The Kier molecular flexibility index (Phi) is 4.06. The molecule has 1 fully saturated rings. The lowest BCUT2D eigenvalue weighted by atomic mass is 10.1. The highest BCUT2D eigenvalue weighted by Gasteiger charge is 2.34. The first-order chi connectivity index (χ1) is 10.6. The van der Waals surface area contributed by atoms with Gasteiger partial charge in [0, 0.05) is 24.5 Å². The zero-order valence-corrected chi connectivity index (χ0v) is 12.4. The number of rotatable bonds is 4. The number of carbonyl (C=O) groups excluding carboxylic acids is 2. The van der Waals surface area contributed by atoms with Crippen molar-refractivity contribution in [1.29, 1.82) is 0 Å². The van der Waals surface area contributed by atoms with E-state index in [-0.39, 0.29) is 24.2 Å². The summed E-state index contributed by atoms with van der Waals surface area (Å²) in [5.74, 6) is -0.425. The molecule has 0 spiro atoms. The van der Waals surface area contributed by atoms with Gasteiger partial charge in [-0.1, -0.05) is 29.8 Å². The molecule has 0 saturated carbocycles. The number of nitrogens with zero attached hydrogens (tertiary/aromatic N) is 3. The minimum atomic E-state index is -0.403. The maximum atomic E-state index is 12.1. The van der Waals surface area contributed by atoms with Crippen molar-refractivity contribution < 1.29 is 9.59 Å². The number of hydrogen-bond acceptors (Lipinski definition) is 4. The van der Waals surface area contributed by atoms with Gasteiger partial charge in [-0.2, -0.15) is 10.1 Å². The van der Waals surface area contributed by atoms with E-state index >= 15 is 0 Å². The Morgan fingerprint density at radius 1 is 1.45 bits per heavy atom. The predicted molar refractivity (Wildman–Crippen MR) is 80.0 cm³/mol. The first kappa shape index (κ1) is 14.5. The molecule has 1 unspecified atom stereocenters. The fraction of sp³-hybridized carbons (Fsp3) is 0.286. The van der Waals surface area contributed by atoms with Crippen LogP contribution in [0.1, 0.15) is 12.0 Å². The standard InChI is InChI=1S/C14H14ClN5O2/c15-11-4-2-1-3-9(11)6-20-7-10(5-12(20)21)13(22)18-14-16-8-17-19-14/h1-4,8,10H,5-7H2,(H2,16,17,18,19,22). The molecule has 7 nitrogen and oxygen atoms in total. The van der Waals surface area contributed by atoms with E-state index in [4.69, 9.17) is 11.6 Å². The van der Waals surface area contributed by atoms with E-state index in [1.54, 1.807) is 11.0 Å². The molecule has 2 N–H and O–H groups in total. The van der Waals surface area contributed by atoms with Gasteiger partial charge >= 0.3 is 0 Å². The van der Waals surface area contributed by atoms with Crippen LogP contribution in [0.4, 0.5) is 5.95 Å². The van der Waals surface area contributed by atoms with Crippen LogP contribution in [0.3, 0.4) is 0 Å². The molecule has 22 heavy (non-hydrogen) atoms. The van der Waals surface area contributed by atoms with E-state index in [1.165, 1.54) is 6.33 Å². The number of aromatic amines is 1. The SMILES string of the molecule is O=C(Nc1ncn[nH]1)C1CC(=O)N(Cc2ccccc2Cl)C1. The third-order valence-electron chi connectivity index (χ3n) is 3.56. The normalized spacial score (nSPS) is 17.8. The molecule has 0 bridgehead atoms. The quantitative estimate of drug-likeness (QED) is 0.892. The van der Waals surface area contributed by atoms with Crippen LogP contribution in [0.25, 0.3) is 0 Å². The van der Waals surface area contributed by atoms with Crippen LogP contribution in [0.15, 0.2) is 30.6 Å². The molecular weight excluding hydrogens is 306 g/mol. The van der Waals surface area contributed by atoms with Crippen LogP contribution in [0.2, 0.25) is 5.02 Å². The van der Waals surface area contributed by atoms with Crippen molar-refractivity contribution in [2.24, 2.45) is 5.92 Å². The van der Waals surface area contributed by atoms with E-state index in [1.807, 2.05) is 18.2 Å². The summed E-state index contributed by atoms with van der Waals surface area (Å²) in [5.41, 5.74) is 0.869. The Labute approximate surface area is 131 Å². The summed E-state index contributed by atoms with van der Waals surface area (Å²) in [4.78, 5) is 29.7. The molecule has 0 aliphatic carbocycles. The van der Waals surface area contributed by atoms with Crippen LogP contribution in [-0.4, -0.2) is 38.4 Å². The summed E-state index contributed by atoms with van der Waals surface area (Å²) in [6, 6.07) is 7.37. The molecule has 8 heteroatoms. The Bertz CT molecular complexity index is 688. The fourth-order valence-electron chi connectivity index (χ4n) is 2.42. The summed E-state index contributed by atoms with van der Waals surface area (Å²) in [5, 5.41) is 9.43. The van der Waals surface area contributed by atoms with Gasteiger partial charge in [0.15, 0.2) is 0 Å². The van der Waals surface area contributed by atoms with Gasteiger partial charge in [0.05, 0.1) is 5.92 Å². The number of amides is 2. The van der Waals surface area contributed by atoms with Crippen molar-refractivity contribution >= 4 is 29.4 Å². The second-order valence-corrected chi connectivity index (χ2v) is 5.50. The van der Waals surface area contributed by atoms with Crippen molar-refractivity contribution in [3.63, 3.8) is 0 Å². The minimum Gasteiger partial charge on any atom is -0.337 e. The highest BCUT2D eigenvalue weighted by atomic mass is 35.5. The van der Waals surface area contributed by atoms with Crippen molar-refractivity contribution in [1.82, 2.24) is 20.1 Å². The van der Waals surface area contributed by atoms with E-state index < -0.39 is 5.92 Å². The van der Waals surface area contributed by atoms with Crippen LogP contribution >= 0.6 is 11.6 Å². The average Bonchev–Trinajstić information content (AvgIpc) is 3.12. The second-order valence-electron chi connectivity index (χ2n) is 5.09. The number of halogens is 1. The van der Waals surface area contributed by atoms with E-state index in [9.17, 15) is 9.59 Å². The average molecular weight is 320 g/mol. The van der Waals surface area contributed by atoms with Gasteiger partial charge in [-0.25, -0.2) is 5.10 Å². The lowest BCUT2D eigenvalue weighted by molar-refractivity contribution is -0.128. The monoisotopic (exact) mass is 319 g/mol. The third-order valence-corrected chi connectivity index (χ3v) is 3.93. The fourth-order valence-corrected chi connectivity index (χ4v) is 2.61. The van der Waals surface area contributed by atoms with E-state index in [0.717, 1.165) is 5.56 Å². The molecule has 1 aromatic carbocycles. The maximum Gasteiger partial charge on any atom is 0.232 e. The zero-order chi connectivity index (χ0) is 15.5. The van der Waals surface area contributed by atoms with Crippen molar-refractivity contribution in [3.8, 4) is 0 Å². The lowest BCUT2D eigenvalue weighted by Gasteiger charge is -2.17. The number of hydrogen-bond donors (Lipinski definition) is 2. The molecule has 2 amide bonds. The Morgan fingerprint density at radius 2 is 2.27 bits per heavy atom. The zero-order valence-electron chi connectivity index (χ0n) is 11.6.